The smallest absolute Gasteiger partial charge is 0.255 e. The van der Waals surface area contributed by atoms with Crippen molar-refractivity contribution in [3.63, 3.8) is 0 Å². The topological polar surface area (TPSA) is 381 Å². The van der Waals surface area contributed by atoms with E-state index >= 15 is 0 Å². The predicted molar refractivity (Wildman–Crippen MR) is 619 cm³/mol. The van der Waals surface area contributed by atoms with Crippen LogP contribution in [0.3, 0.4) is 0 Å². The molecule has 10 aromatic carbocycles. The minimum absolute atomic E-state index is 0.147. The summed E-state index contributed by atoms with van der Waals surface area (Å²) in [5.74, 6) is 0.951. The fourth-order valence-electron chi connectivity index (χ4n) is 14.3. The number of carbonyl (C=O) groups is 10. The molecule has 40 heteroatoms. The Hall–Kier alpha value is -11.0. The maximum absolute atomic E-state index is 13.0. The van der Waals surface area contributed by atoms with Crippen molar-refractivity contribution in [2.45, 2.75) is 69.2 Å². The van der Waals surface area contributed by atoms with Gasteiger partial charge in [0.05, 0.1) is 98.9 Å². The zero-order valence-electron chi connectivity index (χ0n) is 85.4. The normalized spacial score (nSPS) is 10.9. The van der Waals surface area contributed by atoms with Gasteiger partial charge in [0.2, 0.25) is 6.79 Å². The molecule has 10 aromatic rings. The average molecular weight is 2610 g/mol. The van der Waals surface area contributed by atoms with Gasteiger partial charge in [-0.1, -0.05) is 99.0 Å². The molecule has 33 nitrogen and oxygen atoms in total. The number of anilines is 5. The molecule has 0 aliphatic carbocycles. The highest BCUT2D eigenvalue weighted by molar-refractivity contribution is 14.1. The molecule has 0 saturated carbocycles. The maximum atomic E-state index is 13.0. The maximum Gasteiger partial charge on any atom is 0.255 e. The Balaban J connectivity index is 0.000000249. The van der Waals surface area contributed by atoms with Gasteiger partial charge in [-0.25, -0.2) is 4.39 Å². The molecule has 10 N–H and O–H groups in total. The lowest BCUT2D eigenvalue weighted by Crippen LogP contribution is -2.35. The molecule has 0 fully saturated rings. The Labute approximate surface area is 933 Å². The number of rotatable bonds is 46. The van der Waals surface area contributed by atoms with Gasteiger partial charge in [0.15, 0.2) is 11.5 Å². The highest BCUT2D eigenvalue weighted by atomic mass is 131. The molecule has 0 saturated heterocycles. The van der Waals surface area contributed by atoms with E-state index < -0.39 is 5.82 Å². The van der Waals surface area contributed by atoms with Crippen molar-refractivity contribution in [2.24, 2.45) is 0 Å². The number of nitrogens with one attached hydrogen (secondary N) is 10. The van der Waals surface area contributed by atoms with Gasteiger partial charge >= 0.3 is 0 Å². The van der Waals surface area contributed by atoms with E-state index in [0.717, 1.165) is 112 Å². The summed E-state index contributed by atoms with van der Waals surface area (Å²) < 4.78 is 59.4. The van der Waals surface area contributed by atoms with E-state index in [1.165, 1.54) is 59.8 Å². The van der Waals surface area contributed by atoms with Gasteiger partial charge in [-0.3, -0.25) is 47.9 Å². The standard InChI is InChI=1S/C22H26IN3O5.C22H28IN3O4.C21H25ClIN3O3.C21H25FIN3O3.C21H26IN3O3/c1-4-26(5-2)9-8-24-22(28)15-11-16(23)17(12-19(15)29-3)25-21(27)14-6-7-18-20(10-14)31-13-30-18;1-5-26(6-2)12-11-24-22(28)17-13-18(23)19(14-20(17)30-4)25-21(27)15-7-9-16(29-3)10-8-15;2*1-4-26(5-2)11-10-24-21(28)16-12-17(23)18(13-19(16)29-3)25-20(27)14-6-8-15(22)9-7-14;1-4-25(5-2)12-11-23-21(27)16-13-17(22)18(14-19(16)28-3)24-20(26)15-9-7-6-8-10-15/h6-7,10-12H,4-5,8-9,13H2,1-3H3,(H,24,28)(H,25,27);7-10,13-14H,5-6,11-12H2,1-4H3,(H,24,28)(H,25,27);2*6-9,12-13H,4-5,10-11H2,1-3H3,(H,24,28)(H,25,27);6-10,13-14H,4-5,11-12H2,1-3H3,(H,23,27)(H,24,26)/i23+4;;;;. The molecular formula is C107H130ClFI5N15O18. The van der Waals surface area contributed by atoms with Gasteiger partial charge in [-0.05, 0) is 312 Å². The van der Waals surface area contributed by atoms with Crippen LogP contribution in [-0.2, 0) is 0 Å². The van der Waals surface area contributed by atoms with E-state index in [0.29, 0.717) is 171 Å². The lowest BCUT2D eigenvalue weighted by Gasteiger charge is -2.18. The highest BCUT2D eigenvalue weighted by Gasteiger charge is 2.27. The number of likely N-dealkylation sites (N-methyl/N-ethyl adjacent to an activating group) is 5. The summed E-state index contributed by atoms with van der Waals surface area (Å²) in [5, 5.41) is 29.4. The number of methoxy groups -OCH3 is 6. The quantitative estimate of drug-likeness (QED) is 0.0158. The molecule has 0 atom stereocenters. The molecule has 10 amide bonds. The number of ether oxygens (including phenoxy) is 8. The number of benzene rings is 10. The fourth-order valence-corrected chi connectivity index (χ4v) is 17.5. The summed E-state index contributed by atoms with van der Waals surface area (Å²) in [5.41, 5.74) is 7.29. The van der Waals surface area contributed by atoms with Crippen LogP contribution in [0.2, 0.25) is 5.02 Å². The van der Waals surface area contributed by atoms with E-state index in [2.05, 4.69) is 260 Å². The first-order valence-corrected chi connectivity index (χ1v) is 53.5. The summed E-state index contributed by atoms with van der Waals surface area (Å²) in [4.78, 5) is 137. The molecule has 0 unspecified atom stereocenters. The van der Waals surface area contributed by atoms with Crippen molar-refractivity contribution < 1.29 is 90.2 Å². The van der Waals surface area contributed by atoms with Crippen LogP contribution in [0, 0.1) is 23.7 Å². The molecule has 790 valence electrons. The lowest BCUT2D eigenvalue weighted by molar-refractivity contribution is 0.0937. The molecule has 0 radical (unpaired) electrons. The molecule has 1 aliphatic heterocycles. The molecular weight excluding hydrogens is 2480 g/mol. The lowest BCUT2D eigenvalue weighted by atomic mass is 10.1. The Morgan fingerprint density at radius 1 is 0.306 bits per heavy atom. The largest absolute Gasteiger partial charge is 0.497 e. The average Bonchev–Trinajstić information content (AvgIpc) is 1.80. The Morgan fingerprint density at radius 3 is 0.850 bits per heavy atom. The van der Waals surface area contributed by atoms with E-state index in [1.54, 1.807) is 147 Å². The predicted octanol–water partition coefficient (Wildman–Crippen LogP) is 18.6. The van der Waals surface area contributed by atoms with Crippen LogP contribution < -0.4 is 91.1 Å². The van der Waals surface area contributed by atoms with Crippen LogP contribution in [0.4, 0.5) is 32.8 Å². The van der Waals surface area contributed by atoms with E-state index in [-0.39, 0.29) is 65.9 Å². The van der Waals surface area contributed by atoms with Crippen LogP contribution in [-0.4, -0.2) is 264 Å². The first kappa shape index (κ1) is 123. The number of amides is 10. The second kappa shape index (κ2) is 65.1. The molecule has 1 heterocycles. The summed E-state index contributed by atoms with van der Waals surface area (Å²) >= 11 is 16.3. The first-order valence-electron chi connectivity index (χ1n) is 47.7. The minimum Gasteiger partial charge on any atom is -0.497 e. The van der Waals surface area contributed by atoms with Crippen molar-refractivity contribution in [3.05, 3.63) is 266 Å². The Bertz CT molecular complexity index is 5890. The van der Waals surface area contributed by atoms with Crippen molar-refractivity contribution in [1.29, 1.82) is 0 Å². The zero-order chi connectivity index (χ0) is 108. The fraction of sp³-hybridized carbons (Fsp3) is 0.346. The number of nitrogens with zero attached hydrogens (tertiary/aromatic N) is 5. The van der Waals surface area contributed by atoms with Gasteiger partial charge in [-0.2, -0.15) is 0 Å². The summed E-state index contributed by atoms with van der Waals surface area (Å²) in [6, 6.07) is 49.6. The van der Waals surface area contributed by atoms with Crippen LogP contribution >= 0.6 is 125 Å². The number of hydrogen-bond donors (Lipinski definition) is 10. The zero-order valence-corrected chi connectivity index (χ0v) is 96.9. The first-order chi connectivity index (χ1) is 70.7. The van der Waals surface area contributed by atoms with Crippen molar-refractivity contribution >= 4 is 212 Å². The van der Waals surface area contributed by atoms with Crippen LogP contribution in [0.1, 0.15) is 173 Å². The summed E-state index contributed by atoms with van der Waals surface area (Å²) in [6.07, 6.45) is 0. The van der Waals surface area contributed by atoms with Crippen LogP contribution in [0.5, 0.6) is 46.0 Å². The highest BCUT2D eigenvalue weighted by Crippen LogP contribution is 2.37. The van der Waals surface area contributed by atoms with Gasteiger partial charge in [0, 0.05) is 146 Å². The molecule has 147 heavy (non-hydrogen) atoms. The summed E-state index contributed by atoms with van der Waals surface area (Å²) in [6.45, 7) is 37.1. The van der Waals surface area contributed by atoms with Crippen molar-refractivity contribution in [2.75, 3.05) is 207 Å². The van der Waals surface area contributed by atoms with Gasteiger partial charge < -0.3 is 116 Å². The third-order valence-electron chi connectivity index (χ3n) is 23.2. The molecule has 0 aromatic heterocycles. The molecule has 0 spiro atoms. The number of fused-ring (bicyclic) bond motifs is 1. The second-order valence-corrected chi connectivity index (χ2v) is 38.3. The van der Waals surface area contributed by atoms with Crippen LogP contribution in [0.15, 0.2) is 182 Å². The van der Waals surface area contributed by atoms with E-state index in [4.69, 9.17) is 49.5 Å². The van der Waals surface area contributed by atoms with Gasteiger partial charge in [0.1, 0.15) is 40.3 Å². The molecule has 1 aliphatic rings. The Kier molecular flexibility index (Phi) is 54.4. The number of halogens is 7. The Morgan fingerprint density at radius 2 is 0.558 bits per heavy atom. The monoisotopic (exact) mass is 2610 g/mol. The van der Waals surface area contributed by atoms with Crippen LogP contribution in [0.25, 0.3) is 0 Å². The van der Waals surface area contributed by atoms with Crippen molar-refractivity contribution in [3.8, 4) is 46.0 Å². The van der Waals surface area contributed by atoms with Gasteiger partial charge in [-0.15, -0.1) is 0 Å². The number of carbonyl (C=O) groups excluding carboxylic acids is 10. The SMILES string of the molecule is CCN(CC)CCNC(=O)c1cc(I)c(NC(=O)c2ccc(Cl)cc2)cc1OC.CCN(CC)CCNC(=O)c1cc(I)c(NC(=O)c2ccc(F)cc2)cc1OC.CCN(CC)CCNC(=O)c1cc(I)c(NC(=O)c2ccc(OC)cc2)cc1OC.CCN(CC)CCNC(=O)c1cc(I)c(NC(=O)c2ccccc2)cc1OC.CCN(CC)CCNC(=O)c1cc([131I])c(NC(=O)c2ccc3c(c2)OCO3)cc1OC. The van der Waals surface area contributed by atoms with Crippen molar-refractivity contribution in [1.82, 2.24) is 51.1 Å². The van der Waals surface area contributed by atoms with E-state index in [9.17, 15) is 52.3 Å². The second-order valence-electron chi connectivity index (χ2n) is 32.0. The molecule has 11 rings (SSSR count). The third-order valence-corrected chi connectivity index (χ3v) is 27.9. The molecule has 0 bridgehead atoms. The number of hydrogen-bond acceptors (Lipinski definition) is 23. The third kappa shape index (κ3) is 38.8. The summed E-state index contributed by atoms with van der Waals surface area (Å²) in [7, 11) is 9.06. The minimum atomic E-state index is -0.408. The van der Waals surface area contributed by atoms with E-state index in [1.807, 2.05) is 18.2 Å². The van der Waals surface area contributed by atoms with Gasteiger partial charge in [0.25, 0.3) is 59.1 Å².